The number of likely N-dealkylation sites (tertiary alicyclic amines) is 1. The third-order valence-electron chi connectivity index (χ3n) is 3.72. The molecule has 1 aliphatic heterocycles. The number of nitrogens with zero attached hydrogens (tertiary/aromatic N) is 1. The van der Waals surface area contributed by atoms with Gasteiger partial charge in [-0.25, -0.2) is 0 Å². The Morgan fingerprint density at radius 3 is 2.50 bits per heavy atom. The van der Waals surface area contributed by atoms with Gasteiger partial charge in [-0.15, -0.1) is 0 Å². The van der Waals surface area contributed by atoms with Crippen molar-refractivity contribution in [2.24, 2.45) is 0 Å². The van der Waals surface area contributed by atoms with Crippen LogP contribution < -0.4 is 0 Å². The Hall–Kier alpha value is -0.300. The topological polar surface area (TPSA) is 3.24 Å². The fourth-order valence-electron chi connectivity index (χ4n) is 2.37. The molecule has 1 nitrogen and oxygen atoms in total. The largest absolute Gasteiger partial charge is 0.294 e. The van der Waals surface area contributed by atoms with Gasteiger partial charge in [-0.2, -0.15) is 0 Å². The summed E-state index contributed by atoms with van der Waals surface area (Å²) in [6.07, 6.45) is 6.94. The minimum Gasteiger partial charge on any atom is -0.294 e. The van der Waals surface area contributed by atoms with Crippen molar-refractivity contribution >= 4 is 0 Å². The molecule has 1 aliphatic carbocycles. The van der Waals surface area contributed by atoms with Crippen LogP contribution in [0.15, 0.2) is 12.2 Å². The third-order valence-corrected chi connectivity index (χ3v) is 3.72. The molecule has 1 heterocycles. The minimum atomic E-state index is 0.665. The van der Waals surface area contributed by atoms with Crippen molar-refractivity contribution in [3.05, 3.63) is 12.2 Å². The Bertz CT molecular complexity index is 186. The second-order valence-corrected chi connectivity index (χ2v) is 4.35. The molecule has 0 atom stereocenters. The van der Waals surface area contributed by atoms with Crippen molar-refractivity contribution in [3.8, 4) is 0 Å². The molecule has 1 heteroatoms. The van der Waals surface area contributed by atoms with Crippen molar-refractivity contribution in [1.82, 2.24) is 4.90 Å². The van der Waals surface area contributed by atoms with Crippen LogP contribution in [-0.4, -0.2) is 23.5 Å². The Morgan fingerprint density at radius 1 is 1.42 bits per heavy atom. The summed E-state index contributed by atoms with van der Waals surface area (Å²) in [4.78, 5) is 2.64. The summed E-state index contributed by atoms with van der Waals surface area (Å²) in [6, 6.07) is 0. The molecule has 0 unspecified atom stereocenters. The molecular weight excluding hydrogens is 146 g/mol. The summed E-state index contributed by atoms with van der Waals surface area (Å²) in [7, 11) is 0. The predicted molar refractivity (Wildman–Crippen MR) is 52.2 cm³/mol. The lowest BCUT2D eigenvalue weighted by atomic mass is 9.67. The molecule has 0 amide bonds. The van der Waals surface area contributed by atoms with Crippen LogP contribution in [0.2, 0.25) is 0 Å². The Kier molecular flexibility index (Phi) is 1.99. The van der Waals surface area contributed by atoms with Gasteiger partial charge in [0.05, 0.1) is 0 Å². The first-order chi connectivity index (χ1) is 5.77. The number of hydrogen-bond donors (Lipinski definition) is 0. The van der Waals surface area contributed by atoms with Crippen LogP contribution in [0.3, 0.4) is 0 Å². The highest BCUT2D eigenvalue weighted by molar-refractivity contribution is 5.10. The number of rotatable bonds is 3. The molecular formula is C11H19N. The van der Waals surface area contributed by atoms with E-state index in [0.29, 0.717) is 5.54 Å². The smallest absolute Gasteiger partial charge is 0.0225 e. The van der Waals surface area contributed by atoms with Crippen molar-refractivity contribution in [1.29, 1.82) is 0 Å². The SMILES string of the molecule is C=C(CC)CN1CCC12CCC2. The molecule has 1 saturated carbocycles. The lowest BCUT2D eigenvalue weighted by molar-refractivity contribution is -0.0659. The third kappa shape index (κ3) is 1.11. The van der Waals surface area contributed by atoms with Gasteiger partial charge >= 0.3 is 0 Å². The Balaban J connectivity index is 1.85. The van der Waals surface area contributed by atoms with E-state index in [1.54, 1.807) is 0 Å². The zero-order valence-electron chi connectivity index (χ0n) is 8.10. The van der Waals surface area contributed by atoms with Gasteiger partial charge in [0, 0.05) is 18.6 Å². The van der Waals surface area contributed by atoms with Gasteiger partial charge in [0.1, 0.15) is 0 Å². The van der Waals surface area contributed by atoms with Crippen LogP contribution in [0.4, 0.5) is 0 Å². The lowest BCUT2D eigenvalue weighted by Gasteiger charge is -2.59. The minimum absolute atomic E-state index is 0.665. The molecule has 2 fully saturated rings. The first-order valence-electron chi connectivity index (χ1n) is 5.18. The standard InChI is InChI=1S/C11H19N/c1-3-10(2)9-12-8-7-11(12)5-4-6-11/h2-9H2,1H3. The number of hydrogen-bond acceptors (Lipinski definition) is 1. The van der Waals surface area contributed by atoms with Crippen molar-refractivity contribution < 1.29 is 0 Å². The summed E-state index contributed by atoms with van der Waals surface area (Å²) in [5.74, 6) is 0. The summed E-state index contributed by atoms with van der Waals surface area (Å²) in [6.45, 7) is 8.76. The second kappa shape index (κ2) is 2.88. The van der Waals surface area contributed by atoms with E-state index < -0.39 is 0 Å². The van der Waals surface area contributed by atoms with E-state index in [9.17, 15) is 0 Å². The Labute approximate surface area is 75.4 Å². The Morgan fingerprint density at radius 2 is 2.17 bits per heavy atom. The van der Waals surface area contributed by atoms with Gasteiger partial charge in [-0.05, 0) is 32.1 Å². The maximum absolute atomic E-state index is 4.08. The van der Waals surface area contributed by atoms with Crippen LogP contribution in [-0.2, 0) is 0 Å². The fourth-order valence-corrected chi connectivity index (χ4v) is 2.37. The van der Waals surface area contributed by atoms with Crippen LogP contribution in [0.1, 0.15) is 39.0 Å². The van der Waals surface area contributed by atoms with Crippen LogP contribution in [0.5, 0.6) is 0 Å². The molecule has 0 radical (unpaired) electrons. The van der Waals surface area contributed by atoms with Crippen molar-refractivity contribution in [3.63, 3.8) is 0 Å². The van der Waals surface area contributed by atoms with Crippen molar-refractivity contribution in [2.75, 3.05) is 13.1 Å². The van der Waals surface area contributed by atoms with Crippen molar-refractivity contribution in [2.45, 2.75) is 44.6 Å². The molecule has 1 saturated heterocycles. The normalized spacial score (nSPS) is 26.4. The lowest BCUT2D eigenvalue weighted by Crippen LogP contribution is -2.63. The van der Waals surface area contributed by atoms with E-state index in [0.717, 1.165) is 13.0 Å². The molecule has 0 bridgehead atoms. The zero-order chi connectivity index (χ0) is 8.60. The van der Waals surface area contributed by atoms with Crippen LogP contribution in [0, 0.1) is 0 Å². The predicted octanol–water partition coefficient (Wildman–Crippen LogP) is 2.58. The molecule has 0 aromatic rings. The van der Waals surface area contributed by atoms with E-state index in [-0.39, 0.29) is 0 Å². The molecule has 12 heavy (non-hydrogen) atoms. The van der Waals surface area contributed by atoms with E-state index >= 15 is 0 Å². The average Bonchev–Trinajstić information content (AvgIpc) is 1.94. The maximum atomic E-state index is 4.08. The zero-order valence-corrected chi connectivity index (χ0v) is 8.10. The summed E-state index contributed by atoms with van der Waals surface area (Å²) >= 11 is 0. The van der Waals surface area contributed by atoms with E-state index in [4.69, 9.17) is 0 Å². The average molecular weight is 165 g/mol. The monoisotopic (exact) mass is 165 g/mol. The van der Waals surface area contributed by atoms with Gasteiger partial charge in [0.25, 0.3) is 0 Å². The van der Waals surface area contributed by atoms with Gasteiger partial charge in [0.2, 0.25) is 0 Å². The molecule has 2 aliphatic rings. The van der Waals surface area contributed by atoms with Gasteiger partial charge < -0.3 is 0 Å². The quantitative estimate of drug-likeness (QED) is 0.581. The van der Waals surface area contributed by atoms with Gasteiger partial charge in [0.15, 0.2) is 0 Å². The van der Waals surface area contributed by atoms with Crippen LogP contribution >= 0.6 is 0 Å². The molecule has 2 rings (SSSR count). The fraction of sp³-hybridized carbons (Fsp3) is 0.818. The highest BCUT2D eigenvalue weighted by Crippen LogP contribution is 2.47. The van der Waals surface area contributed by atoms with E-state index in [2.05, 4.69) is 18.4 Å². The molecule has 1 spiro atoms. The van der Waals surface area contributed by atoms with Crippen LogP contribution in [0.25, 0.3) is 0 Å². The highest BCUT2D eigenvalue weighted by atomic mass is 15.3. The first kappa shape index (κ1) is 8.31. The maximum Gasteiger partial charge on any atom is 0.0225 e. The second-order valence-electron chi connectivity index (χ2n) is 4.35. The van der Waals surface area contributed by atoms with Gasteiger partial charge in [-0.3, -0.25) is 4.90 Å². The summed E-state index contributed by atoms with van der Waals surface area (Å²) in [5, 5.41) is 0. The first-order valence-corrected chi connectivity index (χ1v) is 5.18. The highest BCUT2D eigenvalue weighted by Gasteiger charge is 2.48. The molecule has 0 N–H and O–H groups in total. The van der Waals surface area contributed by atoms with E-state index in [1.165, 1.54) is 37.8 Å². The van der Waals surface area contributed by atoms with Gasteiger partial charge in [-0.1, -0.05) is 19.1 Å². The molecule has 0 aromatic heterocycles. The van der Waals surface area contributed by atoms with E-state index in [1.807, 2.05) is 0 Å². The summed E-state index contributed by atoms with van der Waals surface area (Å²) < 4.78 is 0. The summed E-state index contributed by atoms with van der Waals surface area (Å²) in [5.41, 5.74) is 2.07. The molecule has 68 valence electrons. The molecule has 0 aromatic carbocycles.